The van der Waals surface area contributed by atoms with Crippen LogP contribution in [0.25, 0.3) is 0 Å². The summed E-state index contributed by atoms with van der Waals surface area (Å²) >= 11 is 0. The molecule has 1 aromatic rings. The molecule has 4 heteroatoms. The molecule has 0 aliphatic heterocycles. The number of aliphatic carboxylic acids is 1. The SMILES string of the molecule is CCCc1nc(CC)c(CC(=O)O)[nH]1. The van der Waals surface area contributed by atoms with E-state index >= 15 is 0 Å². The highest BCUT2D eigenvalue weighted by Gasteiger charge is 2.10. The zero-order chi connectivity index (χ0) is 10.6. The molecule has 0 saturated carbocycles. The van der Waals surface area contributed by atoms with Gasteiger partial charge in [-0.05, 0) is 12.8 Å². The summed E-state index contributed by atoms with van der Waals surface area (Å²) in [7, 11) is 0. The minimum Gasteiger partial charge on any atom is -0.481 e. The van der Waals surface area contributed by atoms with E-state index in [4.69, 9.17) is 5.11 Å². The summed E-state index contributed by atoms with van der Waals surface area (Å²) in [4.78, 5) is 18.0. The molecule has 0 unspecified atom stereocenters. The predicted octanol–water partition coefficient (Wildman–Crippen LogP) is 1.55. The average Bonchev–Trinajstić information content (AvgIpc) is 2.47. The van der Waals surface area contributed by atoms with Crippen LogP contribution in [0.2, 0.25) is 0 Å². The maximum Gasteiger partial charge on any atom is 0.309 e. The lowest BCUT2D eigenvalue weighted by Crippen LogP contribution is -2.03. The van der Waals surface area contributed by atoms with E-state index in [1.165, 1.54) is 0 Å². The van der Waals surface area contributed by atoms with E-state index in [0.717, 1.165) is 36.5 Å². The maximum absolute atomic E-state index is 10.6. The van der Waals surface area contributed by atoms with Gasteiger partial charge in [-0.15, -0.1) is 0 Å². The van der Waals surface area contributed by atoms with Crippen LogP contribution in [-0.2, 0) is 24.1 Å². The second kappa shape index (κ2) is 4.79. The highest BCUT2D eigenvalue weighted by Crippen LogP contribution is 2.09. The molecule has 0 radical (unpaired) electrons. The van der Waals surface area contributed by atoms with Crippen LogP contribution >= 0.6 is 0 Å². The van der Waals surface area contributed by atoms with Gasteiger partial charge in [-0.1, -0.05) is 13.8 Å². The average molecular weight is 196 g/mol. The Hall–Kier alpha value is -1.32. The molecule has 0 aliphatic rings. The van der Waals surface area contributed by atoms with Crippen molar-refractivity contribution in [3.8, 4) is 0 Å². The number of aromatic nitrogens is 2. The summed E-state index contributed by atoms with van der Waals surface area (Å²) in [5.74, 6) is 0.0898. The summed E-state index contributed by atoms with van der Waals surface area (Å²) in [6.07, 6.45) is 2.72. The summed E-state index contributed by atoms with van der Waals surface area (Å²) in [6.45, 7) is 4.06. The Morgan fingerprint density at radius 3 is 2.71 bits per heavy atom. The molecule has 2 N–H and O–H groups in total. The Kier molecular flexibility index (Phi) is 3.68. The Morgan fingerprint density at radius 1 is 1.50 bits per heavy atom. The molecule has 14 heavy (non-hydrogen) atoms. The van der Waals surface area contributed by atoms with E-state index in [9.17, 15) is 4.79 Å². The fourth-order valence-electron chi connectivity index (χ4n) is 1.45. The number of hydrogen-bond donors (Lipinski definition) is 2. The largest absolute Gasteiger partial charge is 0.481 e. The van der Waals surface area contributed by atoms with Crippen LogP contribution in [0.3, 0.4) is 0 Å². The van der Waals surface area contributed by atoms with Crippen LogP contribution in [0.5, 0.6) is 0 Å². The van der Waals surface area contributed by atoms with Crippen molar-refractivity contribution in [2.75, 3.05) is 0 Å². The number of carboxylic acids is 1. The number of H-pyrrole nitrogens is 1. The third kappa shape index (κ3) is 2.58. The zero-order valence-corrected chi connectivity index (χ0v) is 8.63. The third-order valence-electron chi connectivity index (χ3n) is 2.06. The van der Waals surface area contributed by atoms with E-state index in [0.29, 0.717) is 0 Å². The Bertz CT molecular complexity index is 318. The van der Waals surface area contributed by atoms with E-state index < -0.39 is 5.97 Å². The molecular formula is C10H16N2O2. The molecule has 0 spiro atoms. The number of imidazole rings is 1. The minimum absolute atomic E-state index is 0.0416. The second-order valence-electron chi connectivity index (χ2n) is 3.28. The van der Waals surface area contributed by atoms with Crippen molar-refractivity contribution < 1.29 is 9.90 Å². The number of carboxylic acid groups (broad SMARTS) is 1. The quantitative estimate of drug-likeness (QED) is 0.750. The normalized spacial score (nSPS) is 10.4. The van der Waals surface area contributed by atoms with Crippen molar-refractivity contribution >= 4 is 5.97 Å². The summed E-state index contributed by atoms with van der Waals surface area (Å²) in [5.41, 5.74) is 1.64. The first-order valence-electron chi connectivity index (χ1n) is 4.95. The minimum atomic E-state index is -0.814. The molecule has 0 atom stereocenters. The molecular weight excluding hydrogens is 180 g/mol. The van der Waals surface area contributed by atoms with Gasteiger partial charge < -0.3 is 10.1 Å². The van der Waals surface area contributed by atoms with Gasteiger partial charge in [-0.3, -0.25) is 4.79 Å². The molecule has 1 aromatic heterocycles. The first-order valence-corrected chi connectivity index (χ1v) is 4.95. The Labute approximate surface area is 83.4 Å². The number of aromatic amines is 1. The Balaban J connectivity index is 2.84. The molecule has 1 rings (SSSR count). The number of aryl methyl sites for hydroxylation is 2. The first-order chi connectivity index (χ1) is 6.67. The smallest absolute Gasteiger partial charge is 0.309 e. The molecule has 0 amide bonds. The van der Waals surface area contributed by atoms with Crippen LogP contribution < -0.4 is 0 Å². The number of hydrogen-bond acceptors (Lipinski definition) is 2. The van der Waals surface area contributed by atoms with E-state index in [1.54, 1.807) is 0 Å². The standard InChI is InChI=1S/C10H16N2O2/c1-3-5-9-11-7(4-2)8(12-9)6-10(13)14/h3-6H2,1-2H3,(H,11,12)(H,13,14). The van der Waals surface area contributed by atoms with Crippen LogP contribution in [0.15, 0.2) is 0 Å². The molecule has 0 aromatic carbocycles. The fraction of sp³-hybridized carbons (Fsp3) is 0.600. The highest BCUT2D eigenvalue weighted by atomic mass is 16.4. The molecule has 0 fully saturated rings. The molecule has 1 heterocycles. The van der Waals surface area contributed by atoms with Crippen LogP contribution in [0, 0.1) is 0 Å². The topological polar surface area (TPSA) is 66.0 Å². The summed E-state index contributed by atoms with van der Waals surface area (Å²) in [5, 5.41) is 8.68. The number of rotatable bonds is 5. The van der Waals surface area contributed by atoms with Gasteiger partial charge in [-0.2, -0.15) is 0 Å². The fourth-order valence-corrected chi connectivity index (χ4v) is 1.45. The van der Waals surface area contributed by atoms with Gasteiger partial charge in [0.2, 0.25) is 0 Å². The van der Waals surface area contributed by atoms with Gasteiger partial charge >= 0.3 is 5.97 Å². The summed E-state index contributed by atoms with van der Waals surface area (Å²) in [6, 6.07) is 0. The third-order valence-corrected chi connectivity index (χ3v) is 2.06. The zero-order valence-electron chi connectivity index (χ0n) is 8.63. The first kappa shape index (κ1) is 10.8. The lowest BCUT2D eigenvalue weighted by Gasteiger charge is -1.94. The van der Waals surface area contributed by atoms with Crippen molar-refractivity contribution in [1.29, 1.82) is 0 Å². The molecule has 0 aliphatic carbocycles. The lowest BCUT2D eigenvalue weighted by molar-refractivity contribution is -0.136. The highest BCUT2D eigenvalue weighted by molar-refractivity contribution is 5.69. The van der Waals surface area contributed by atoms with E-state index in [2.05, 4.69) is 16.9 Å². The van der Waals surface area contributed by atoms with Crippen molar-refractivity contribution in [3.05, 3.63) is 17.2 Å². The number of carbonyl (C=O) groups is 1. The van der Waals surface area contributed by atoms with Gasteiger partial charge in [0.15, 0.2) is 0 Å². The molecule has 78 valence electrons. The summed E-state index contributed by atoms with van der Waals surface area (Å²) < 4.78 is 0. The van der Waals surface area contributed by atoms with E-state index in [-0.39, 0.29) is 6.42 Å². The molecule has 4 nitrogen and oxygen atoms in total. The van der Waals surface area contributed by atoms with Crippen LogP contribution in [-0.4, -0.2) is 21.0 Å². The van der Waals surface area contributed by atoms with Gasteiger partial charge in [0, 0.05) is 12.1 Å². The second-order valence-corrected chi connectivity index (χ2v) is 3.28. The van der Waals surface area contributed by atoms with Gasteiger partial charge in [0.1, 0.15) is 5.82 Å². The number of nitrogens with one attached hydrogen (secondary N) is 1. The number of nitrogens with zero attached hydrogens (tertiary/aromatic N) is 1. The van der Waals surface area contributed by atoms with Crippen molar-refractivity contribution in [2.45, 2.75) is 39.5 Å². The van der Waals surface area contributed by atoms with Crippen LogP contribution in [0.4, 0.5) is 0 Å². The van der Waals surface area contributed by atoms with Gasteiger partial charge in [0.25, 0.3) is 0 Å². The monoisotopic (exact) mass is 196 g/mol. The molecule has 0 bridgehead atoms. The molecule has 0 saturated heterocycles. The van der Waals surface area contributed by atoms with Crippen molar-refractivity contribution in [1.82, 2.24) is 9.97 Å². The maximum atomic E-state index is 10.6. The predicted molar refractivity (Wildman–Crippen MR) is 53.3 cm³/mol. The van der Waals surface area contributed by atoms with E-state index in [1.807, 2.05) is 6.92 Å². The van der Waals surface area contributed by atoms with Crippen LogP contribution in [0.1, 0.15) is 37.5 Å². The van der Waals surface area contributed by atoms with Gasteiger partial charge in [-0.25, -0.2) is 4.98 Å². The van der Waals surface area contributed by atoms with Crippen molar-refractivity contribution in [2.24, 2.45) is 0 Å². The van der Waals surface area contributed by atoms with Crippen molar-refractivity contribution in [3.63, 3.8) is 0 Å². The van der Waals surface area contributed by atoms with Gasteiger partial charge in [0.05, 0.1) is 12.1 Å². The Morgan fingerprint density at radius 2 is 2.21 bits per heavy atom. The lowest BCUT2D eigenvalue weighted by atomic mass is 10.2.